The minimum absolute atomic E-state index is 0.137. The van der Waals surface area contributed by atoms with Crippen molar-refractivity contribution in [1.29, 1.82) is 0 Å². The predicted octanol–water partition coefficient (Wildman–Crippen LogP) is 3.51. The molecule has 0 saturated heterocycles. The van der Waals surface area contributed by atoms with E-state index in [9.17, 15) is 4.79 Å². The van der Waals surface area contributed by atoms with Crippen LogP contribution in [0.3, 0.4) is 0 Å². The highest BCUT2D eigenvalue weighted by Crippen LogP contribution is 2.31. The molecule has 0 radical (unpaired) electrons. The number of methoxy groups -OCH3 is 2. The lowest BCUT2D eigenvalue weighted by atomic mass is 10.0. The summed E-state index contributed by atoms with van der Waals surface area (Å²) in [6.45, 7) is 0. The number of rotatable bonds is 3. The lowest BCUT2D eigenvalue weighted by Gasteiger charge is -2.08. The van der Waals surface area contributed by atoms with Crippen molar-refractivity contribution in [3.63, 3.8) is 0 Å². The molecule has 0 aliphatic rings. The van der Waals surface area contributed by atoms with Crippen molar-refractivity contribution in [3.8, 4) is 11.5 Å². The first kappa shape index (κ1) is 15.3. The number of hydrogen-bond acceptors (Lipinski definition) is 4. The van der Waals surface area contributed by atoms with Crippen LogP contribution in [0.2, 0.25) is 0 Å². The van der Waals surface area contributed by atoms with E-state index in [4.69, 9.17) is 13.9 Å². The van der Waals surface area contributed by atoms with E-state index in [0.717, 1.165) is 27.8 Å². The Morgan fingerprint density at radius 3 is 2.40 bits per heavy atom. The summed E-state index contributed by atoms with van der Waals surface area (Å²) in [6, 6.07) is 16.7. The molecule has 4 nitrogen and oxygen atoms in total. The first-order valence-electron chi connectivity index (χ1n) is 7.89. The molecule has 0 saturated carbocycles. The second-order valence-corrected chi connectivity index (χ2v) is 5.71. The molecular formula is C21H16O4. The van der Waals surface area contributed by atoms with E-state index in [1.807, 2.05) is 48.5 Å². The summed E-state index contributed by atoms with van der Waals surface area (Å²) >= 11 is 0. The molecule has 25 heavy (non-hydrogen) atoms. The highest BCUT2D eigenvalue weighted by molar-refractivity contribution is 6.09. The van der Waals surface area contributed by atoms with Gasteiger partial charge in [0, 0.05) is 16.2 Å². The molecule has 1 heterocycles. The standard InChI is InChI=1S/C21H16O4/c1-23-14-8-6-13(7-9-14)12-19-21(22)16-10-11-17(24-2)15-4-3-5-18(25-19)20(15)16/h3-12H,1-2H3/b19-12-. The maximum atomic E-state index is 12.9. The maximum Gasteiger partial charge on any atom is 0.228 e. The summed E-state index contributed by atoms with van der Waals surface area (Å²) < 4.78 is 16.4. The largest absolute Gasteiger partial charge is 0.497 e. The van der Waals surface area contributed by atoms with Crippen molar-refractivity contribution in [1.82, 2.24) is 0 Å². The molecule has 0 atom stereocenters. The van der Waals surface area contributed by atoms with E-state index in [0.29, 0.717) is 16.4 Å². The van der Waals surface area contributed by atoms with E-state index < -0.39 is 0 Å². The van der Waals surface area contributed by atoms with Gasteiger partial charge in [-0.15, -0.1) is 0 Å². The van der Waals surface area contributed by atoms with Gasteiger partial charge in [0.15, 0.2) is 5.42 Å². The van der Waals surface area contributed by atoms with Crippen LogP contribution in [0.5, 0.6) is 11.5 Å². The first-order chi connectivity index (χ1) is 12.2. The van der Waals surface area contributed by atoms with Crippen molar-refractivity contribution in [3.05, 3.63) is 75.8 Å². The summed E-state index contributed by atoms with van der Waals surface area (Å²) in [7, 11) is 3.23. The zero-order chi connectivity index (χ0) is 17.4. The average molecular weight is 332 g/mol. The first-order valence-corrected chi connectivity index (χ1v) is 7.89. The van der Waals surface area contributed by atoms with Gasteiger partial charge in [0.1, 0.15) is 17.1 Å². The molecular weight excluding hydrogens is 316 g/mol. The van der Waals surface area contributed by atoms with Gasteiger partial charge < -0.3 is 13.9 Å². The van der Waals surface area contributed by atoms with Gasteiger partial charge in [-0.25, -0.2) is 0 Å². The molecule has 3 aromatic carbocycles. The van der Waals surface area contributed by atoms with Crippen LogP contribution in [0.15, 0.2) is 63.8 Å². The molecule has 0 unspecified atom stereocenters. The number of benzene rings is 3. The van der Waals surface area contributed by atoms with E-state index in [-0.39, 0.29) is 5.43 Å². The second kappa shape index (κ2) is 5.98. The van der Waals surface area contributed by atoms with Crippen LogP contribution in [0.4, 0.5) is 0 Å². The minimum atomic E-state index is -0.137. The lowest BCUT2D eigenvalue weighted by Crippen LogP contribution is -2.24. The highest BCUT2D eigenvalue weighted by Gasteiger charge is 2.12. The third kappa shape index (κ3) is 2.52. The third-order valence-electron chi connectivity index (χ3n) is 4.28. The Balaban J connectivity index is 2.01. The van der Waals surface area contributed by atoms with Crippen molar-refractivity contribution in [2.45, 2.75) is 0 Å². The van der Waals surface area contributed by atoms with Crippen molar-refractivity contribution < 1.29 is 13.9 Å². The van der Waals surface area contributed by atoms with E-state index in [1.165, 1.54) is 0 Å². The Morgan fingerprint density at radius 1 is 0.880 bits per heavy atom. The molecule has 0 aliphatic heterocycles. The fourth-order valence-electron chi connectivity index (χ4n) is 3.04. The van der Waals surface area contributed by atoms with Gasteiger partial charge in [-0.1, -0.05) is 24.3 Å². The Kier molecular flexibility index (Phi) is 3.65. The van der Waals surface area contributed by atoms with Crippen LogP contribution in [0.25, 0.3) is 27.8 Å². The van der Waals surface area contributed by atoms with Gasteiger partial charge in [0.25, 0.3) is 0 Å². The molecule has 0 bridgehead atoms. The lowest BCUT2D eigenvalue weighted by molar-refractivity contribution is 0.415. The Morgan fingerprint density at radius 2 is 1.68 bits per heavy atom. The summed E-state index contributed by atoms with van der Waals surface area (Å²) in [6.07, 6.45) is 1.74. The molecule has 124 valence electrons. The van der Waals surface area contributed by atoms with Gasteiger partial charge in [-0.3, -0.25) is 4.79 Å². The van der Waals surface area contributed by atoms with Gasteiger partial charge >= 0.3 is 0 Å². The van der Waals surface area contributed by atoms with Gasteiger partial charge in [0.05, 0.1) is 14.2 Å². The van der Waals surface area contributed by atoms with E-state index >= 15 is 0 Å². The molecule has 0 spiro atoms. The van der Waals surface area contributed by atoms with Crippen LogP contribution < -0.4 is 20.3 Å². The fraction of sp³-hybridized carbons (Fsp3) is 0.0952. The van der Waals surface area contributed by atoms with Crippen LogP contribution in [0, 0.1) is 0 Å². The Labute approximate surface area is 143 Å². The molecule has 1 aromatic heterocycles. The van der Waals surface area contributed by atoms with Crippen LogP contribution >= 0.6 is 0 Å². The number of ether oxygens (including phenoxy) is 2. The predicted molar refractivity (Wildman–Crippen MR) is 98.3 cm³/mol. The average Bonchev–Trinajstić information content (AvgIpc) is 2.66. The van der Waals surface area contributed by atoms with Gasteiger partial charge in [0.2, 0.25) is 5.43 Å². The van der Waals surface area contributed by atoms with Crippen molar-refractivity contribution >= 4 is 27.8 Å². The van der Waals surface area contributed by atoms with Crippen molar-refractivity contribution in [2.75, 3.05) is 14.2 Å². The monoisotopic (exact) mass is 332 g/mol. The smallest absolute Gasteiger partial charge is 0.228 e. The topological polar surface area (TPSA) is 48.7 Å². The molecule has 0 N–H and O–H groups in total. The van der Waals surface area contributed by atoms with Crippen molar-refractivity contribution in [2.24, 2.45) is 0 Å². The summed E-state index contributed by atoms with van der Waals surface area (Å²) in [4.78, 5) is 12.9. The Hall–Kier alpha value is -3.27. The molecule has 0 aliphatic carbocycles. The van der Waals surface area contributed by atoms with E-state index in [2.05, 4.69) is 0 Å². The van der Waals surface area contributed by atoms with Gasteiger partial charge in [-0.05, 0) is 42.0 Å². The minimum Gasteiger partial charge on any atom is -0.497 e. The molecule has 4 rings (SSSR count). The summed E-state index contributed by atoms with van der Waals surface area (Å²) in [5.74, 6) is 1.49. The van der Waals surface area contributed by atoms with Crippen LogP contribution in [-0.2, 0) is 0 Å². The zero-order valence-corrected chi connectivity index (χ0v) is 13.9. The SMILES string of the molecule is COc1ccc(/C=c2\oc3cccc4c(OC)ccc(c2=O)c34)cc1. The summed E-state index contributed by atoms with van der Waals surface area (Å²) in [5.41, 5.74) is 1.69. The van der Waals surface area contributed by atoms with Crippen LogP contribution in [-0.4, -0.2) is 14.2 Å². The highest BCUT2D eigenvalue weighted by atomic mass is 16.5. The molecule has 4 aromatic rings. The summed E-state index contributed by atoms with van der Waals surface area (Å²) in [5, 5.41) is 2.28. The quantitative estimate of drug-likeness (QED) is 0.576. The third-order valence-corrected chi connectivity index (χ3v) is 4.28. The normalized spacial score (nSPS) is 12.0. The zero-order valence-electron chi connectivity index (χ0n) is 13.9. The van der Waals surface area contributed by atoms with Gasteiger partial charge in [-0.2, -0.15) is 0 Å². The maximum absolute atomic E-state index is 12.9. The fourth-order valence-corrected chi connectivity index (χ4v) is 3.04. The molecule has 0 fully saturated rings. The second-order valence-electron chi connectivity index (χ2n) is 5.71. The van der Waals surface area contributed by atoms with Crippen LogP contribution in [0.1, 0.15) is 5.56 Å². The molecule has 4 heteroatoms. The number of hydrogen-bond donors (Lipinski definition) is 0. The molecule has 0 amide bonds. The van der Waals surface area contributed by atoms with E-state index in [1.54, 1.807) is 26.4 Å². The Bertz CT molecular complexity index is 1170.